The van der Waals surface area contributed by atoms with E-state index in [0.717, 1.165) is 25.4 Å². The molecule has 0 aromatic heterocycles. The molecule has 100 valence electrons. The van der Waals surface area contributed by atoms with Crippen LogP contribution < -0.4 is 5.32 Å². The number of hydrogen-bond donors (Lipinski definition) is 2. The summed E-state index contributed by atoms with van der Waals surface area (Å²) in [4.78, 5) is 2.63. The maximum absolute atomic E-state index is 10.2. The molecule has 17 heavy (non-hydrogen) atoms. The fourth-order valence-corrected chi connectivity index (χ4v) is 3.46. The molecule has 0 radical (unpaired) electrons. The van der Waals surface area contributed by atoms with E-state index in [1.54, 1.807) is 0 Å². The largest absolute Gasteiger partial charge is 0.389 e. The van der Waals surface area contributed by atoms with Gasteiger partial charge in [-0.15, -0.1) is 0 Å². The average molecular weight is 240 g/mol. The highest BCUT2D eigenvalue weighted by Crippen LogP contribution is 2.27. The van der Waals surface area contributed by atoms with Crippen molar-refractivity contribution in [2.45, 2.75) is 70.1 Å². The monoisotopic (exact) mass is 240 g/mol. The second-order valence-electron chi connectivity index (χ2n) is 6.12. The van der Waals surface area contributed by atoms with Gasteiger partial charge in [0.2, 0.25) is 0 Å². The Morgan fingerprint density at radius 1 is 1.29 bits per heavy atom. The van der Waals surface area contributed by atoms with Crippen LogP contribution in [0.15, 0.2) is 0 Å². The molecule has 3 nitrogen and oxygen atoms in total. The number of nitrogens with one attached hydrogen (secondary N) is 1. The molecule has 2 rings (SSSR count). The van der Waals surface area contributed by atoms with E-state index in [4.69, 9.17) is 0 Å². The van der Waals surface area contributed by atoms with Gasteiger partial charge in [-0.2, -0.15) is 0 Å². The van der Waals surface area contributed by atoms with E-state index in [2.05, 4.69) is 17.1 Å². The molecule has 3 heteroatoms. The molecule has 3 atom stereocenters. The molecule has 2 fully saturated rings. The standard InChI is InChI=1S/C14H28N2O/c1-3-8-14(2,17)11-15-12-7-10-16-9-5-4-6-13(12)16/h12-13,15,17H,3-11H2,1-2H3. The molecule has 2 aliphatic heterocycles. The van der Waals surface area contributed by atoms with Gasteiger partial charge in [-0.3, -0.25) is 4.90 Å². The topological polar surface area (TPSA) is 35.5 Å². The molecule has 0 saturated carbocycles. The first-order valence-electron chi connectivity index (χ1n) is 7.32. The number of rotatable bonds is 5. The smallest absolute Gasteiger partial charge is 0.0743 e. The Bertz CT molecular complexity index is 242. The lowest BCUT2D eigenvalue weighted by molar-refractivity contribution is 0.0447. The maximum atomic E-state index is 10.2. The minimum Gasteiger partial charge on any atom is -0.389 e. The zero-order valence-corrected chi connectivity index (χ0v) is 11.4. The minimum absolute atomic E-state index is 0.531. The Balaban J connectivity index is 1.79. The van der Waals surface area contributed by atoms with Gasteiger partial charge >= 0.3 is 0 Å². The zero-order chi connectivity index (χ0) is 12.3. The third-order valence-electron chi connectivity index (χ3n) is 4.39. The molecule has 0 aliphatic carbocycles. The second-order valence-corrected chi connectivity index (χ2v) is 6.12. The summed E-state index contributed by atoms with van der Waals surface area (Å²) >= 11 is 0. The zero-order valence-electron chi connectivity index (χ0n) is 11.4. The summed E-state index contributed by atoms with van der Waals surface area (Å²) in [7, 11) is 0. The fourth-order valence-electron chi connectivity index (χ4n) is 3.46. The molecule has 2 aliphatic rings. The van der Waals surface area contributed by atoms with Crippen molar-refractivity contribution in [2.24, 2.45) is 0 Å². The third kappa shape index (κ3) is 3.43. The molecule has 2 N–H and O–H groups in total. The normalized spacial score (nSPS) is 33.4. The fraction of sp³-hybridized carbons (Fsp3) is 1.00. The molecular weight excluding hydrogens is 212 g/mol. The van der Waals surface area contributed by atoms with Crippen LogP contribution in [0.1, 0.15) is 52.4 Å². The number of hydrogen-bond acceptors (Lipinski definition) is 3. The van der Waals surface area contributed by atoms with Gasteiger partial charge in [-0.25, -0.2) is 0 Å². The van der Waals surface area contributed by atoms with E-state index >= 15 is 0 Å². The predicted octanol–water partition coefficient (Wildman–Crippen LogP) is 1.75. The summed E-state index contributed by atoms with van der Waals surface area (Å²) in [5.41, 5.74) is -0.531. The second kappa shape index (κ2) is 5.68. The van der Waals surface area contributed by atoms with Crippen LogP contribution in [0, 0.1) is 0 Å². The van der Waals surface area contributed by atoms with Gasteiger partial charge in [0.1, 0.15) is 0 Å². The van der Waals surface area contributed by atoms with Gasteiger partial charge in [-0.05, 0) is 39.2 Å². The van der Waals surface area contributed by atoms with Gasteiger partial charge in [-0.1, -0.05) is 19.8 Å². The van der Waals surface area contributed by atoms with Crippen molar-refractivity contribution in [2.75, 3.05) is 19.6 Å². The number of nitrogens with zero attached hydrogens (tertiary/aromatic N) is 1. The summed E-state index contributed by atoms with van der Waals surface area (Å²) in [6.45, 7) is 7.37. The molecule has 0 bridgehead atoms. The van der Waals surface area contributed by atoms with Crippen LogP contribution in [-0.2, 0) is 0 Å². The Morgan fingerprint density at radius 3 is 2.88 bits per heavy atom. The number of fused-ring (bicyclic) bond motifs is 1. The van der Waals surface area contributed by atoms with E-state index in [9.17, 15) is 5.11 Å². The van der Waals surface area contributed by atoms with Crippen molar-refractivity contribution < 1.29 is 5.11 Å². The quantitative estimate of drug-likeness (QED) is 0.768. The maximum Gasteiger partial charge on any atom is 0.0743 e. The van der Waals surface area contributed by atoms with Crippen molar-refractivity contribution in [3.05, 3.63) is 0 Å². The first kappa shape index (κ1) is 13.3. The molecule has 0 aromatic carbocycles. The van der Waals surface area contributed by atoms with Gasteiger partial charge < -0.3 is 10.4 Å². The first-order chi connectivity index (χ1) is 8.12. The molecule has 0 amide bonds. The molecule has 2 saturated heterocycles. The average Bonchev–Trinajstić information content (AvgIpc) is 2.70. The van der Waals surface area contributed by atoms with Crippen molar-refractivity contribution in [3.63, 3.8) is 0 Å². The molecule has 3 unspecified atom stereocenters. The molecular formula is C14H28N2O. The van der Waals surface area contributed by atoms with Gasteiger partial charge in [0.05, 0.1) is 5.60 Å². The van der Waals surface area contributed by atoms with Crippen LogP contribution in [0.2, 0.25) is 0 Å². The number of piperidine rings is 1. The lowest BCUT2D eigenvalue weighted by Crippen LogP contribution is -2.49. The van der Waals surface area contributed by atoms with Gasteiger partial charge in [0.25, 0.3) is 0 Å². The van der Waals surface area contributed by atoms with Crippen molar-refractivity contribution in [1.29, 1.82) is 0 Å². The van der Waals surface area contributed by atoms with E-state index in [0.29, 0.717) is 6.04 Å². The Labute approximate surface area is 106 Å². The van der Waals surface area contributed by atoms with Gasteiger partial charge in [0, 0.05) is 25.2 Å². The lowest BCUT2D eigenvalue weighted by Gasteiger charge is -2.34. The molecule has 0 spiro atoms. The highest BCUT2D eigenvalue weighted by molar-refractivity contribution is 4.95. The summed E-state index contributed by atoms with van der Waals surface area (Å²) in [6.07, 6.45) is 7.29. The molecule has 2 heterocycles. The van der Waals surface area contributed by atoms with Gasteiger partial charge in [0.15, 0.2) is 0 Å². The molecule has 0 aromatic rings. The van der Waals surface area contributed by atoms with E-state index in [-0.39, 0.29) is 0 Å². The van der Waals surface area contributed by atoms with Crippen LogP contribution >= 0.6 is 0 Å². The Kier molecular flexibility index (Phi) is 4.45. The van der Waals surface area contributed by atoms with Crippen molar-refractivity contribution in [1.82, 2.24) is 10.2 Å². The van der Waals surface area contributed by atoms with Crippen LogP contribution in [0.3, 0.4) is 0 Å². The van der Waals surface area contributed by atoms with Crippen LogP contribution in [0.25, 0.3) is 0 Å². The first-order valence-corrected chi connectivity index (χ1v) is 7.32. The van der Waals surface area contributed by atoms with E-state index < -0.39 is 5.60 Å². The minimum atomic E-state index is -0.531. The predicted molar refractivity (Wildman–Crippen MR) is 71.2 cm³/mol. The lowest BCUT2D eigenvalue weighted by atomic mass is 9.96. The highest BCUT2D eigenvalue weighted by Gasteiger charge is 2.35. The van der Waals surface area contributed by atoms with Crippen molar-refractivity contribution in [3.8, 4) is 0 Å². The summed E-state index contributed by atoms with van der Waals surface area (Å²) in [6, 6.07) is 1.35. The highest BCUT2D eigenvalue weighted by atomic mass is 16.3. The van der Waals surface area contributed by atoms with Crippen LogP contribution in [0.5, 0.6) is 0 Å². The number of aliphatic hydroxyl groups is 1. The van der Waals surface area contributed by atoms with Crippen molar-refractivity contribution >= 4 is 0 Å². The summed E-state index contributed by atoms with van der Waals surface area (Å²) in [5, 5.41) is 13.8. The SMILES string of the molecule is CCCC(C)(O)CNC1CCN2CCCCC12. The third-order valence-corrected chi connectivity index (χ3v) is 4.39. The summed E-state index contributed by atoms with van der Waals surface area (Å²) < 4.78 is 0. The van der Waals surface area contributed by atoms with E-state index in [1.807, 2.05) is 6.92 Å². The van der Waals surface area contributed by atoms with E-state index in [1.165, 1.54) is 38.8 Å². The Morgan fingerprint density at radius 2 is 2.12 bits per heavy atom. The van der Waals surface area contributed by atoms with Crippen LogP contribution in [0.4, 0.5) is 0 Å². The summed E-state index contributed by atoms with van der Waals surface area (Å²) in [5.74, 6) is 0. The van der Waals surface area contributed by atoms with Crippen LogP contribution in [-0.4, -0.2) is 47.3 Å². The Hall–Kier alpha value is -0.120.